The number of amides is 1. The van der Waals surface area contributed by atoms with Crippen LogP contribution in [-0.2, 0) is 0 Å². The first-order valence-corrected chi connectivity index (χ1v) is 8.21. The second-order valence-corrected chi connectivity index (χ2v) is 5.96. The summed E-state index contributed by atoms with van der Waals surface area (Å²) in [4.78, 5) is 12.3. The van der Waals surface area contributed by atoms with Crippen molar-refractivity contribution in [2.45, 2.75) is 25.9 Å². The van der Waals surface area contributed by atoms with Crippen molar-refractivity contribution in [3.63, 3.8) is 0 Å². The largest absolute Gasteiger partial charge is 0.492 e. The van der Waals surface area contributed by atoms with E-state index in [0.29, 0.717) is 33.9 Å². The number of aromatic nitrogens is 3. The topological polar surface area (TPSA) is 69.0 Å². The summed E-state index contributed by atoms with van der Waals surface area (Å²) < 4.78 is 6.93. The lowest BCUT2D eigenvalue weighted by Gasteiger charge is -2.11. The van der Waals surface area contributed by atoms with E-state index in [0.717, 1.165) is 5.75 Å². The second kappa shape index (κ2) is 7.51. The Hall–Kier alpha value is -1.73. The molecule has 118 valence electrons. The molecule has 0 saturated heterocycles. The zero-order valence-corrected chi connectivity index (χ0v) is 14.2. The molecule has 22 heavy (non-hydrogen) atoms. The van der Waals surface area contributed by atoms with Crippen LogP contribution in [0.3, 0.4) is 0 Å². The monoisotopic (exact) mass is 340 g/mol. The van der Waals surface area contributed by atoms with Crippen LogP contribution in [0, 0.1) is 6.92 Å². The lowest BCUT2D eigenvalue weighted by Crippen LogP contribution is -2.24. The van der Waals surface area contributed by atoms with E-state index in [1.807, 2.05) is 13.8 Å². The van der Waals surface area contributed by atoms with Crippen molar-refractivity contribution in [3.05, 3.63) is 34.6 Å². The Morgan fingerprint density at radius 3 is 2.82 bits per heavy atom. The fraction of sp³-hybridized carbons (Fsp3) is 0.357. The maximum absolute atomic E-state index is 12.3. The van der Waals surface area contributed by atoms with E-state index in [9.17, 15) is 4.79 Å². The molecule has 1 N–H and O–H groups in total. The quantitative estimate of drug-likeness (QED) is 0.818. The van der Waals surface area contributed by atoms with Crippen molar-refractivity contribution in [1.82, 2.24) is 14.9 Å². The summed E-state index contributed by atoms with van der Waals surface area (Å²) in [7, 11) is 0. The molecule has 8 heteroatoms. The van der Waals surface area contributed by atoms with E-state index >= 15 is 0 Å². The number of aryl methyl sites for hydroxylation is 1. The van der Waals surface area contributed by atoms with Crippen molar-refractivity contribution in [3.8, 4) is 5.75 Å². The Bertz CT molecular complexity index is 675. The third kappa shape index (κ3) is 3.72. The fourth-order valence-corrected chi connectivity index (χ4v) is 2.67. The number of benzene rings is 1. The summed E-state index contributed by atoms with van der Waals surface area (Å²) in [6, 6.07) is 4.92. The van der Waals surface area contributed by atoms with Gasteiger partial charge >= 0.3 is 0 Å². The van der Waals surface area contributed by atoms with E-state index < -0.39 is 0 Å². The van der Waals surface area contributed by atoms with Gasteiger partial charge in [0.15, 0.2) is 0 Å². The van der Waals surface area contributed by atoms with Gasteiger partial charge in [0, 0.05) is 5.56 Å². The first-order valence-electron chi connectivity index (χ1n) is 6.85. The highest BCUT2D eigenvalue weighted by Crippen LogP contribution is 2.25. The number of thioether (sulfide) groups is 1. The summed E-state index contributed by atoms with van der Waals surface area (Å²) in [5.41, 5.74) is 3.21. The smallest absolute Gasteiger partial charge is 0.270 e. The summed E-state index contributed by atoms with van der Waals surface area (Å²) in [6.07, 6.45) is 0. The maximum atomic E-state index is 12.3. The number of nitrogens with one attached hydrogen (secondary N) is 1. The van der Waals surface area contributed by atoms with Crippen LogP contribution in [-0.4, -0.2) is 33.1 Å². The van der Waals surface area contributed by atoms with E-state index in [2.05, 4.69) is 15.6 Å². The molecule has 0 spiro atoms. The molecule has 0 aliphatic heterocycles. The summed E-state index contributed by atoms with van der Waals surface area (Å²) in [6.45, 7) is 6.17. The predicted molar refractivity (Wildman–Crippen MR) is 87.5 cm³/mol. The minimum absolute atomic E-state index is 0.286. The van der Waals surface area contributed by atoms with Gasteiger partial charge in [-0.1, -0.05) is 30.3 Å². The molecule has 2 aromatic rings. The summed E-state index contributed by atoms with van der Waals surface area (Å²) in [5, 5.41) is 9.04. The Balaban J connectivity index is 2.19. The molecule has 0 fully saturated rings. The van der Waals surface area contributed by atoms with E-state index in [-0.39, 0.29) is 5.91 Å². The highest BCUT2D eigenvalue weighted by Gasteiger charge is 2.14. The zero-order valence-electron chi connectivity index (χ0n) is 12.6. The van der Waals surface area contributed by atoms with Gasteiger partial charge in [-0.2, -0.15) is 0 Å². The first-order chi connectivity index (χ1) is 10.6. The minimum Gasteiger partial charge on any atom is -0.492 e. The Morgan fingerprint density at radius 2 is 2.18 bits per heavy atom. The zero-order chi connectivity index (χ0) is 16.1. The molecule has 1 aromatic heterocycles. The number of halogens is 1. The number of carbonyl (C=O) groups is 1. The fourth-order valence-electron chi connectivity index (χ4n) is 1.77. The predicted octanol–water partition coefficient (Wildman–Crippen LogP) is 3.13. The third-order valence-corrected chi connectivity index (χ3v) is 3.88. The lowest BCUT2D eigenvalue weighted by molar-refractivity contribution is 0.100. The standard InChI is InChI=1S/C14H17ClN4O2S/c1-4-21-12-7-6-10(8-11(12)15)13(20)18-19-9(3)16-17-14(19)22-5-2/h6-8H,4-5H2,1-3H3,(H,18,20). The molecular weight excluding hydrogens is 324 g/mol. The molecule has 1 aromatic carbocycles. The molecule has 1 heterocycles. The molecule has 0 bridgehead atoms. The van der Waals surface area contributed by atoms with Crippen molar-refractivity contribution in [1.29, 1.82) is 0 Å². The Kier molecular flexibility index (Phi) is 5.68. The van der Waals surface area contributed by atoms with Crippen LogP contribution in [0.1, 0.15) is 30.0 Å². The number of nitrogens with zero attached hydrogens (tertiary/aromatic N) is 3. The molecule has 0 aliphatic carbocycles. The Morgan fingerprint density at radius 1 is 1.41 bits per heavy atom. The van der Waals surface area contributed by atoms with Gasteiger partial charge in [0.1, 0.15) is 11.6 Å². The molecule has 0 radical (unpaired) electrons. The number of ether oxygens (including phenoxy) is 1. The lowest BCUT2D eigenvalue weighted by atomic mass is 10.2. The SMILES string of the molecule is CCOc1ccc(C(=O)Nn2c(C)nnc2SCC)cc1Cl. The number of carbonyl (C=O) groups excluding carboxylic acids is 1. The van der Waals surface area contributed by atoms with Crippen LogP contribution in [0.25, 0.3) is 0 Å². The van der Waals surface area contributed by atoms with Crippen molar-refractivity contribution < 1.29 is 9.53 Å². The molecule has 2 rings (SSSR count). The van der Waals surface area contributed by atoms with Crippen LogP contribution >= 0.6 is 23.4 Å². The van der Waals surface area contributed by atoms with Crippen molar-refractivity contribution >= 4 is 29.3 Å². The number of rotatable bonds is 6. The summed E-state index contributed by atoms with van der Waals surface area (Å²) in [5.74, 6) is 1.72. The van der Waals surface area contributed by atoms with Gasteiger partial charge in [-0.25, -0.2) is 4.68 Å². The molecule has 0 atom stereocenters. The van der Waals surface area contributed by atoms with Crippen LogP contribution in [0.4, 0.5) is 0 Å². The Labute approximate surface area is 138 Å². The van der Waals surface area contributed by atoms with Gasteiger partial charge < -0.3 is 4.74 Å². The normalized spacial score (nSPS) is 10.5. The van der Waals surface area contributed by atoms with Crippen molar-refractivity contribution in [2.24, 2.45) is 0 Å². The number of hydrogen-bond acceptors (Lipinski definition) is 5. The number of hydrogen-bond donors (Lipinski definition) is 1. The van der Waals surface area contributed by atoms with Gasteiger partial charge in [-0.3, -0.25) is 10.2 Å². The average molecular weight is 341 g/mol. The molecular formula is C14H17ClN4O2S. The second-order valence-electron chi connectivity index (χ2n) is 4.32. The molecule has 1 amide bonds. The van der Waals surface area contributed by atoms with Gasteiger partial charge in [0.25, 0.3) is 5.91 Å². The van der Waals surface area contributed by atoms with Crippen LogP contribution in [0.5, 0.6) is 5.75 Å². The average Bonchev–Trinajstić information content (AvgIpc) is 2.83. The van der Waals surface area contributed by atoms with E-state index in [4.69, 9.17) is 16.3 Å². The maximum Gasteiger partial charge on any atom is 0.270 e. The highest BCUT2D eigenvalue weighted by atomic mass is 35.5. The third-order valence-electron chi connectivity index (χ3n) is 2.78. The molecule has 6 nitrogen and oxygen atoms in total. The molecule has 0 saturated carbocycles. The van der Waals surface area contributed by atoms with Gasteiger partial charge in [-0.15, -0.1) is 10.2 Å². The van der Waals surface area contributed by atoms with Gasteiger partial charge in [-0.05, 0) is 37.8 Å². The summed E-state index contributed by atoms with van der Waals surface area (Å²) >= 11 is 7.61. The van der Waals surface area contributed by atoms with Crippen LogP contribution in [0.15, 0.2) is 23.4 Å². The minimum atomic E-state index is -0.286. The first kappa shape index (κ1) is 16.6. The molecule has 0 aliphatic rings. The van der Waals surface area contributed by atoms with Gasteiger partial charge in [0.05, 0.1) is 11.6 Å². The highest BCUT2D eigenvalue weighted by molar-refractivity contribution is 7.99. The van der Waals surface area contributed by atoms with E-state index in [1.54, 1.807) is 29.8 Å². The van der Waals surface area contributed by atoms with Crippen molar-refractivity contribution in [2.75, 3.05) is 17.8 Å². The van der Waals surface area contributed by atoms with Crippen LogP contribution in [0.2, 0.25) is 5.02 Å². The molecule has 0 unspecified atom stereocenters. The van der Waals surface area contributed by atoms with E-state index in [1.165, 1.54) is 11.8 Å². The van der Waals surface area contributed by atoms with Gasteiger partial charge in [0.2, 0.25) is 5.16 Å². The van der Waals surface area contributed by atoms with Crippen LogP contribution < -0.4 is 10.2 Å².